The third-order valence-electron chi connectivity index (χ3n) is 4.84. The average molecular weight is 348 g/mol. The van der Waals surface area contributed by atoms with E-state index in [1.54, 1.807) is 0 Å². The minimum absolute atomic E-state index is 0.0491. The predicted molar refractivity (Wildman–Crippen MR) is 102 cm³/mol. The van der Waals surface area contributed by atoms with E-state index in [1.165, 1.54) is 10.4 Å². The van der Waals surface area contributed by atoms with Crippen molar-refractivity contribution in [2.24, 2.45) is 5.73 Å². The van der Waals surface area contributed by atoms with Crippen LogP contribution in [0.1, 0.15) is 55.5 Å². The van der Waals surface area contributed by atoms with Gasteiger partial charge < -0.3 is 15.6 Å². The largest absolute Gasteiger partial charge is 0.493 e. The SMILES string of the molecule is CCC(CC)(c1ccc(OCCCCO)c(CN)c1)c1cccs1. The molecule has 0 saturated heterocycles. The zero-order chi connectivity index (χ0) is 17.4. The number of hydrogen-bond donors (Lipinski definition) is 2. The molecule has 1 aromatic heterocycles. The van der Waals surface area contributed by atoms with Gasteiger partial charge in [-0.2, -0.15) is 0 Å². The fourth-order valence-electron chi connectivity index (χ4n) is 3.27. The Balaban J connectivity index is 2.29. The lowest BCUT2D eigenvalue weighted by molar-refractivity contribution is 0.252. The highest BCUT2D eigenvalue weighted by molar-refractivity contribution is 7.10. The van der Waals surface area contributed by atoms with Crippen LogP contribution in [0.5, 0.6) is 5.75 Å². The first-order chi connectivity index (χ1) is 11.7. The van der Waals surface area contributed by atoms with E-state index in [2.05, 4.69) is 49.6 Å². The van der Waals surface area contributed by atoms with Crippen molar-refractivity contribution >= 4 is 11.3 Å². The minimum Gasteiger partial charge on any atom is -0.493 e. The molecule has 24 heavy (non-hydrogen) atoms. The molecule has 0 bridgehead atoms. The maximum Gasteiger partial charge on any atom is 0.123 e. The van der Waals surface area contributed by atoms with Crippen molar-refractivity contribution in [3.8, 4) is 5.75 Å². The lowest BCUT2D eigenvalue weighted by Crippen LogP contribution is -2.25. The molecule has 0 atom stereocenters. The number of nitrogens with two attached hydrogens (primary N) is 1. The van der Waals surface area contributed by atoms with Gasteiger partial charge in [-0.1, -0.05) is 26.0 Å². The Labute approximate surface area is 149 Å². The van der Waals surface area contributed by atoms with Crippen molar-refractivity contribution in [2.75, 3.05) is 13.2 Å². The maximum absolute atomic E-state index is 8.86. The molecule has 0 spiro atoms. The average Bonchev–Trinajstić information content (AvgIpc) is 3.16. The van der Waals surface area contributed by atoms with Gasteiger partial charge in [-0.05, 0) is 54.8 Å². The molecule has 0 unspecified atom stereocenters. The van der Waals surface area contributed by atoms with Crippen LogP contribution in [0.3, 0.4) is 0 Å². The Kier molecular flexibility index (Phi) is 7.28. The number of benzene rings is 1. The van der Waals surface area contributed by atoms with Gasteiger partial charge >= 0.3 is 0 Å². The monoisotopic (exact) mass is 347 g/mol. The van der Waals surface area contributed by atoms with E-state index < -0.39 is 0 Å². The summed E-state index contributed by atoms with van der Waals surface area (Å²) < 4.78 is 5.87. The summed E-state index contributed by atoms with van der Waals surface area (Å²) in [5.74, 6) is 0.867. The molecule has 0 saturated carbocycles. The summed E-state index contributed by atoms with van der Waals surface area (Å²) in [5.41, 5.74) is 8.40. The van der Waals surface area contributed by atoms with Crippen molar-refractivity contribution in [1.29, 1.82) is 0 Å². The summed E-state index contributed by atoms with van der Waals surface area (Å²) in [6, 6.07) is 10.8. The second-order valence-electron chi connectivity index (χ2n) is 6.07. The van der Waals surface area contributed by atoms with Crippen LogP contribution in [0.25, 0.3) is 0 Å². The number of unbranched alkanes of at least 4 members (excludes halogenated alkanes) is 1. The fraction of sp³-hybridized carbons (Fsp3) is 0.500. The van der Waals surface area contributed by atoms with Gasteiger partial charge in [0, 0.05) is 29.0 Å². The summed E-state index contributed by atoms with van der Waals surface area (Å²) >= 11 is 1.82. The number of thiophene rings is 1. The van der Waals surface area contributed by atoms with Gasteiger partial charge in [-0.15, -0.1) is 11.3 Å². The highest BCUT2D eigenvalue weighted by Gasteiger charge is 2.32. The molecule has 132 valence electrons. The van der Waals surface area contributed by atoms with Crippen molar-refractivity contribution in [1.82, 2.24) is 0 Å². The third kappa shape index (κ3) is 4.00. The van der Waals surface area contributed by atoms with Crippen molar-refractivity contribution in [3.05, 3.63) is 51.7 Å². The number of hydrogen-bond acceptors (Lipinski definition) is 4. The molecule has 0 radical (unpaired) electrons. The normalized spacial score (nSPS) is 11.7. The van der Waals surface area contributed by atoms with Gasteiger partial charge in [0.1, 0.15) is 5.75 Å². The van der Waals surface area contributed by atoms with Gasteiger partial charge in [0.25, 0.3) is 0 Å². The van der Waals surface area contributed by atoms with E-state index in [1.807, 2.05) is 11.3 Å². The summed E-state index contributed by atoms with van der Waals surface area (Å²) in [5, 5.41) is 11.0. The summed E-state index contributed by atoms with van der Waals surface area (Å²) in [4.78, 5) is 1.41. The zero-order valence-corrected chi connectivity index (χ0v) is 15.6. The Morgan fingerprint density at radius 2 is 1.96 bits per heavy atom. The molecule has 2 aromatic rings. The molecule has 0 fully saturated rings. The van der Waals surface area contributed by atoms with Crippen LogP contribution >= 0.6 is 11.3 Å². The maximum atomic E-state index is 8.86. The van der Waals surface area contributed by atoms with Gasteiger partial charge in [0.2, 0.25) is 0 Å². The Hall–Kier alpha value is -1.36. The second kappa shape index (κ2) is 9.21. The van der Waals surface area contributed by atoms with Gasteiger partial charge in [0.15, 0.2) is 0 Å². The van der Waals surface area contributed by atoms with Crippen LogP contribution < -0.4 is 10.5 Å². The predicted octanol–water partition coefficient (Wildman–Crippen LogP) is 4.46. The molecule has 4 heteroatoms. The standard InChI is InChI=1S/C20H29NO2S/c1-3-20(4-2,19-8-7-13-24-19)17-9-10-18(16(14-17)15-21)23-12-6-5-11-22/h7-10,13-14,22H,3-6,11-12,15,21H2,1-2H3. The molecule has 1 heterocycles. The fourth-order valence-corrected chi connectivity index (χ4v) is 4.37. The topological polar surface area (TPSA) is 55.5 Å². The summed E-state index contributed by atoms with van der Waals surface area (Å²) in [6.07, 6.45) is 3.74. The lowest BCUT2D eigenvalue weighted by atomic mass is 9.74. The van der Waals surface area contributed by atoms with Gasteiger partial charge in [0.05, 0.1) is 6.61 Å². The lowest BCUT2D eigenvalue weighted by Gasteiger charge is -2.32. The second-order valence-corrected chi connectivity index (χ2v) is 7.02. The van der Waals surface area contributed by atoms with E-state index in [0.29, 0.717) is 13.2 Å². The van der Waals surface area contributed by atoms with Crippen molar-refractivity contribution in [3.63, 3.8) is 0 Å². The van der Waals surface area contributed by atoms with E-state index >= 15 is 0 Å². The molecule has 3 N–H and O–H groups in total. The van der Waals surface area contributed by atoms with E-state index in [0.717, 1.165) is 37.0 Å². The molecule has 1 aromatic carbocycles. The molecule has 0 aliphatic carbocycles. The van der Waals surface area contributed by atoms with E-state index in [9.17, 15) is 0 Å². The Morgan fingerprint density at radius 3 is 2.54 bits per heavy atom. The number of ether oxygens (including phenoxy) is 1. The molecule has 3 nitrogen and oxygen atoms in total. The third-order valence-corrected chi connectivity index (χ3v) is 5.92. The molecule has 0 aliphatic rings. The number of aliphatic hydroxyl groups is 1. The quantitative estimate of drug-likeness (QED) is 0.624. The first-order valence-electron chi connectivity index (χ1n) is 8.83. The Bertz CT molecular complexity index is 606. The number of aliphatic hydroxyl groups excluding tert-OH is 1. The van der Waals surface area contributed by atoms with Crippen LogP contribution in [-0.4, -0.2) is 18.3 Å². The van der Waals surface area contributed by atoms with Crippen LogP contribution in [0.15, 0.2) is 35.7 Å². The van der Waals surface area contributed by atoms with Crippen LogP contribution in [0, 0.1) is 0 Å². The zero-order valence-electron chi connectivity index (χ0n) is 14.8. The van der Waals surface area contributed by atoms with Crippen LogP contribution in [-0.2, 0) is 12.0 Å². The molecular formula is C20H29NO2S. The highest BCUT2D eigenvalue weighted by atomic mass is 32.1. The van der Waals surface area contributed by atoms with E-state index in [4.69, 9.17) is 15.6 Å². The van der Waals surface area contributed by atoms with E-state index in [-0.39, 0.29) is 12.0 Å². The van der Waals surface area contributed by atoms with Crippen molar-refractivity contribution in [2.45, 2.75) is 51.5 Å². The first kappa shape index (κ1) is 19.0. The summed E-state index contributed by atoms with van der Waals surface area (Å²) in [6.45, 7) is 5.80. The highest BCUT2D eigenvalue weighted by Crippen LogP contribution is 2.42. The van der Waals surface area contributed by atoms with Crippen LogP contribution in [0.2, 0.25) is 0 Å². The smallest absolute Gasteiger partial charge is 0.123 e. The Morgan fingerprint density at radius 1 is 1.17 bits per heavy atom. The van der Waals surface area contributed by atoms with Gasteiger partial charge in [-0.3, -0.25) is 0 Å². The molecule has 2 rings (SSSR count). The summed E-state index contributed by atoms with van der Waals surface area (Å²) in [7, 11) is 0. The number of rotatable bonds is 10. The molecular weight excluding hydrogens is 318 g/mol. The molecule has 0 aliphatic heterocycles. The first-order valence-corrected chi connectivity index (χ1v) is 9.71. The minimum atomic E-state index is 0.0491. The van der Waals surface area contributed by atoms with Crippen molar-refractivity contribution < 1.29 is 9.84 Å². The van der Waals surface area contributed by atoms with Crippen LogP contribution in [0.4, 0.5) is 0 Å². The molecule has 0 amide bonds. The van der Waals surface area contributed by atoms with Gasteiger partial charge in [-0.25, -0.2) is 0 Å².